The van der Waals surface area contributed by atoms with Gasteiger partial charge in [0.2, 0.25) is 0 Å². The van der Waals surface area contributed by atoms with Gasteiger partial charge in [0, 0.05) is 19.7 Å². The quantitative estimate of drug-likeness (QED) is 0.892. The van der Waals surface area contributed by atoms with Crippen molar-refractivity contribution in [1.82, 2.24) is 5.32 Å². The van der Waals surface area contributed by atoms with Gasteiger partial charge >= 0.3 is 0 Å². The molecule has 0 unspecified atom stereocenters. The second-order valence-corrected chi connectivity index (χ2v) is 5.15. The SMILES string of the molecule is CN(C)c1c(F)ccc(F)c1CC1CCNCC1. The van der Waals surface area contributed by atoms with Crippen molar-refractivity contribution in [2.24, 2.45) is 5.92 Å². The zero-order chi connectivity index (χ0) is 13.1. The minimum Gasteiger partial charge on any atom is -0.375 e. The van der Waals surface area contributed by atoms with Crippen LogP contribution in [0, 0.1) is 17.6 Å². The predicted octanol–water partition coefficient (Wildman–Crippen LogP) is 2.57. The first-order valence-electron chi connectivity index (χ1n) is 6.44. The van der Waals surface area contributed by atoms with Crippen LogP contribution in [0.2, 0.25) is 0 Å². The molecule has 1 N–H and O–H groups in total. The molecule has 1 aliphatic heterocycles. The Morgan fingerprint density at radius 2 is 1.78 bits per heavy atom. The highest BCUT2D eigenvalue weighted by atomic mass is 19.1. The van der Waals surface area contributed by atoms with E-state index >= 15 is 0 Å². The summed E-state index contributed by atoms with van der Waals surface area (Å²) in [4.78, 5) is 1.66. The minimum atomic E-state index is -0.342. The molecule has 0 amide bonds. The fourth-order valence-corrected chi connectivity index (χ4v) is 2.64. The highest BCUT2D eigenvalue weighted by molar-refractivity contribution is 5.54. The average molecular weight is 254 g/mol. The van der Waals surface area contributed by atoms with Crippen LogP contribution in [0.3, 0.4) is 0 Å². The van der Waals surface area contributed by atoms with Crippen LogP contribution in [-0.4, -0.2) is 27.2 Å². The van der Waals surface area contributed by atoms with E-state index in [-0.39, 0.29) is 11.6 Å². The summed E-state index contributed by atoms with van der Waals surface area (Å²) in [5.74, 6) is -0.190. The number of hydrogen-bond donors (Lipinski definition) is 1. The Morgan fingerprint density at radius 3 is 2.39 bits per heavy atom. The fraction of sp³-hybridized carbons (Fsp3) is 0.571. The summed E-state index contributed by atoms with van der Waals surface area (Å²) in [6.45, 7) is 1.94. The predicted molar refractivity (Wildman–Crippen MR) is 70.0 cm³/mol. The first kappa shape index (κ1) is 13.3. The molecule has 0 aliphatic carbocycles. The smallest absolute Gasteiger partial charge is 0.146 e. The lowest BCUT2D eigenvalue weighted by Gasteiger charge is -2.25. The van der Waals surface area contributed by atoms with Gasteiger partial charge in [-0.3, -0.25) is 0 Å². The average Bonchev–Trinajstić information content (AvgIpc) is 2.35. The van der Waals surface area contributed by atoms with Crippen LogP contribution in [0.1, 0.15) is 18.4 Å². The summed E-state index contributed by atoms with van der Waals surface area (Å²) in [5.41, 5.74) is 0.917. The molecule has 1 aromatic carbocycles. The van der Waals surface area contributed by atoms with Crippen molar-refractivity contribution in [3.05, 3.63) is 29.3 Å². The Hall–Kier alpha value is -1.16. The molecule has 0 radical (unpaired) electrons. The third-order valence-electron chi connectivity index (χ3n) is 3.58. The van der Waals surface area contributed by atoms with Crippen molar-refractivity contribution in [2.45, 2.75) is 19.3 Å². The number of nitrogens with zero attached hydrogens (tertiary/aromatic N) is 1. The lowest BCUT2D eigenvalue weighted by Crippen LogP contribution is -2.29. The van der Waals surface area contributed by atoms with Gasteiger partial charge in [-0.05, 0) is 50.4 Å². The number of anilines is 1. The van der Waals surface area contributed by atoms with Crippen molar-refractivity contribution in [2.75, 3.05) is 32.1 Å². The normalized spacial score (nSPS) is 16.9. The molecule has 0 atom stereocenters. The third-order valence-corrected chi connectivity index (χ3v) is 3.58. The maximum absolute atomic E-state index is 13.9. The van der Waals surface area contributed by atoms with E-state index in [0.29, 0.717) is 23.6 Å². The van der Waals surface area contributed by atoms with Crippen molar-refractivity contribution >= 4 is 5.69 Å². The van der Waals surface area contributed by atoms with E-state index in [1.807, 2.05) is 0 Å². The van der Waals surface area contributed by atoms with Gasteiger partial charge in [0.05, 0.1) is 5.69 Å². The maximum atomic E-state index is 13.9. The largest absolute Gasteiger partial charge is 0.375 e. The maximum Gasteiger partial charge on any atom is 0.146 e. The van der Waals surface area contributed by atoms with Gasteiger partial charge in [0.25, 0.3) is 0 Å². The van der Waals surface area contributed by atoms with Crippen LogP contribution in [0.25, 0.3) is 0 Å². The van der Waals surface area contributed by atoms with Crippen molar-refractivity contribution in [3.63, 3.8) is 0 Å². The van der Waals surface area contributed by atoms with E-state index in [2.05, 4.69) is 5.32 Å². The minimum absolute atomic E-state index is 0.293. The van der Waals surface area contributed by atoms with Crippen LogP contribution < -0.4 is 10.2 Å². The lowest BCUT2D eigenvalue weighted by atomic mass is 9.90. The van der Waals surface area contributed by atoms with Crippen LogP contribution in [0.4, 0.5) is 14.5 Å². The topological polar surface area (TPSA) is 15.3 Å². The number of benzene rings is 1. The van der Waals surface area contributed by atoms with E-state index in [1.54, 1.807) is 19.0 Å². The first-order chi connectivity index (χ1) is 8.59. The molecule has 1 fully saturated rings. The fourth-order valence-electron chi connectivity index (χ4n) is 2.64. The first-order valence-corrected chi connectivity index (χ1v) is 6.44. The van der Waals surface area contributed by atoms with E-state index in [1.165, 1.54) is 12.1 Å². The molecule has 2 nitrogen and oxygen atoms in total. The molecule has 0 bridgehead atoms. The molecule has 0 saturated carbocycles. The van der Waals surface area contributed by atoms with Crippen LogP contribution >= 0.6 is 0 Å². The van der Waals surface area contributed by atoms with Gasteiger partial charge < -0.3 is 10.2 Å². The van der Waals surface area contributed by atoms with Gasteiger partial charge in [-0.1, -0.05) is 0 Å². The monoisotopic (exact) mass is 254 g/mol. The van der Waals surface area contributed by atoms with Crippen molar-refractivity contribution in [3.8, 4) is 0 Å². The van der Waals surface area contributed by atoms with Crippen LogP contribution in [0.5, 0.6) is 0 Å². The van der Waals surface area contributed by atoms with Crippen LogP contribution in [0.15, 0.2) is 12.1 Å². The molecular formula is C14H20F2N2. The number of nitrogens with one attached hydrogen (secondary N) is 1. The third kappa shape index (κ3) is 2.80. The van der Waals surface area contributed by atoms with Gasteiger partial charge in [-0.15, -0.1) is 0 Å². The van der Waals surface area contributed by atoms with E-state index < -0.39 is 0 Å². The van der Waals surface area contributed by atoms with Crippen molar-refractivity contribution in [1.29, 1.82) is 0 Å². The standard InChI is InChI=1S/C14H20F2N2/c1-18(2)14-11(12(15)3-4-13(14)16)9-10-5-7-17-8-6-10/h3-4,10,17H,5-9H2,1-2H3. The number of halogens is 2. The molecule has 18 heavy (non-hydrogen) atoms. The molecule has 1 aliphatic rings. The highest BCUT2D eigenvalue weighted by Crippen LogP contribution is 2.29. The van der Waals surface area contributed by atoms with E-state index in [4.69, 9.17) is 0 Å². The Bertz CT molecular complexity index is 413. The van der Waals surface area contributed by atoms with Gasteiger partial charge in [-0.25, -0.2) is 8.78 Å². The molecule has 2 rings (SSSR count). The molecule has 100 valence electrons. The molecule has 1 aromatic rings. The molecule has 1 heterocycles. The summed E-state index contributed by atoms with van der Waals surface area (Å²) in [6.07, 6.45) is 2.68. The molecule has 1 saturated heterocycles. The molecular weight excluding hydrogens is 234 g/mol. The number of rotatable bonds is 3. The summed E-state index contributed by atoms with van der Waals surface area (Å²) >= 11 is 0. The number of hydrogen-bond acceptors (Lipinski definition) is 2. The lowest BCUT2D eigenvalue weighted by molar-refractivity contribution is 0.368. The Kier molecular flexibility index (Phi) is 4.17. The molecule has 0 aromatic heterocycles. The van der Waals surface area contributed by atoms with Gasteiger partial charge in [0.1, 0.15) is 11.6 Å². The summed E-state index contributed by atoms with van der Waals surface area (Å²) in [6, 6.07) is 2.44. The van der Waals surface area contributed by atoms with E-state index in [9.17, 15) is 8.78 Å². The molecule has 0 spiro atoms. The van der Waals surface area contributed by atoms with Gasteiger partial charge in [-0.2, -0.15) is 0 Å². The second-order valence-electron chi connectivity index (χ2n) is 5.15. The summed E-state index contributed by atoms with van der Waals surface area (Å²) in [7, 11) is 3.51. The Labute approximate surface area is 107 Å². The van der Waals surface area contributed by atoms with E-state index in [0.717, 1.165) is 25.9 Å². The molecule has 4 heteroatoms. The summed E-state index contributed by atoms with van der Waals surface area (Å²) < 4.78 is 27.8. The zero-order valence-corrected chi connectivity index (χ0v) is 11.0. The number of piperidine rings is 1. The Balaban J connectivity index is 2.27. The second kappa shape index (κ2) is 5.65. The van der Waals surface area contributed by atoms with Crippen molar-refractivity contribution < 1.29 is 8.78 Å². The Morgan fingerprint density at radius 1 is 1.17 bits per heavy atom. The zero-order valence-electron chi connectivity index (χ0n) is 11.0. The highest BCUT2D eigenvalue weighted by Gasteiger charge is 2.21. The van der Waals surface area contributed by atoms with Crippen LogP contribution in [-0.2, 0) is 6.42 Å². The van der Waals surface area contributed by atoms with Gasteiger partial charge in [0.15, 0.2) is 0 Å². The summed E-state index contributed by atoms with van der Waals surface area (Å²) in [5, 5.41) is 3.29.